The van der Waals surface area contributed by atoms with Gasteiger partial charge in [0.05, 0.1) is 18.1 Å². The van der Waals surface area contributed by atoms with E-state index in [9.17, 15) is 9.90 Å². The monoisotopic (exact) mass is 398 g/mol. The Labute approximate surface area is 174 Å². The van der Waals surface area contributed by atoms with Gasteiger partial charge in [-0.1, -0.05) is 44.1 Å². The van der Waals surface area contributed by atoms with E-state index in [1.54, 1.807) is 13.2 Å². The smallest absolute Gasteiger partial charge is 0.343 e. The molecule has 0 saturated heterocycles. The number of aliphatic hydroxyl groups excluding tert-OH is 1. The number of rotatable bonds is 11. The molecule has 2 unspecified atom stereocenters. The first-order valence-electron chi connectivity index (χ1n) is 10.6. The summed E-state index contributed by atoms with van der Waals surface area (Å²) in [6.07, 6.45) is 18.5. The molecule has 2 rings (SSSR count). The van der Waals surface area contributed by atoms with Gasteiger partial charge >= 0.3 is 5.97 Å². The highest BCUT2D eigenvalue weighted by atomic mass is 16.6. The SMILES string of the molecule is CC1=C(O)/C(=C\C(C)CCCC(C)/C=C/C=C(/C)CCCc2ccoc2)OC1=O. The van der Waals surface area contributed by atoms with Crippen LogP contribution in [-0.2, 0) is 16.0 Å². The Morgan fingerprint density at radius 2 is 1.97 bits per heavy atom. The van der Waals surface area contributed by atoms with Crippen molar-refractivity contribution in [3.8, 4) is 0 Å². The molecule has 1 aliphatic heterocycles. The molecule has 1 N–H and O–H groups in total. The van der Waals surface area contributed by atoms with Crippen LogP contribution in [0.15, 0.2) is 70.0 Å². The minimum atomic E-state index is -0.454. The van der Waals surface area contributed by atoms with E-state index in [0.29, 0.717) is 11.7 Å². The van der Waals surface area contributed by atoms with Crippen LogP contribution < -0.4 is 0 Å². The van der Waals surface area contributed by atoms with Crippen LogP contribution in [0.1, 0.15) is 65.4 Å². The first kappa shape index (κ1) is 22.8. The number of cyclic esters (lactones) is 1. The van der Waals surface area contributed by atoms with Crippen molar-refractivity contribution in [2.75, 3.05) is 0 Å². The minimum Gasteiger partial charge on any atom is -0.504 e. The highest BCUT2D eigenvalue weighted by Crippen LogP contribution is 2.26. The van der Waals surface area contributed by atoms with Gasteiger partial charge in [-0.15, -0.1) is 0 Å². The van der Waals surface area contributed by atoms with Gasteiger partial charge in [0.15, 0.2) is 11.5 Å². The normalized spacial score (nSPS) is 18.7. The van der Waals surface area contributed by atoms with Crippen LogP contribution in [0.4, 0.5) is 0 Å². The van der Waals surface area contributed by atoms with Gasteiger partial charge < -0.3 is 14.3 Å². The molecule has 1 aromatic heterocycles. The summed E-state index contributed by atoms with van der Waals surface area (Å²) in [6, 6.07) is 2.03. The first-order chi connectivity index (χ1) is 13.9. The summed E-state index contributed by atoms with van der Waals surface area (Å²) in [5.74, 6) is 0.597. The summed E-state index contributed by atoms with van der Waals surface area (Å²) in [7, 11) is 0. The summed E-state index contributed by atoms with van der Waals surface area (Å²) in [4.78, 5) is 11.4. The second kappa shape index (κ2) is 11.5. The number of hydrogen-bond donors (Lipinski definition) is 1. The quantitative estimate of drug-likeness (QED) is 0.328. The average Bonchev–Trinajstić information content (AvgIpc) is 3.27. The summed E-state index contributed by atoms with van der Waals surface area (Å²) in [5.41, 5.74) is 2.94. The molecule has 0 spiro atoms. The maximum Gasteiger partial charge on any atom is 0.343 e. The lowest BCUT2D eigenvalue weighted by molar-refractivity contribution is -0.133. The summed E-state index contributed by atoms with van der Waals surface area (Å²) >= 11 is 0. The molecule has 1 aliphatic rings. The number of ether oxygens (including phenoxy) is 1. The largest absolute Gasteiger partial charge is 0.504 e. The Morgan fingerprint density at radius 1 is 1.21 bits per heavy atom. The molecule has 4 heteroatoms. The van der Waals surface area contributed by atoms with Crippen molar-refractivity contribution in [1.29, 1.82) is 0 Å². The molecule has 0 amide bonds. The van der Waals surface area contributed by atoms with E-state index < -0.39 is 5.97 Å². The van der Waals surface area contributed by atoms with E-state index in [0.717, 1.165) is 38.5 Å². The lowest BCUT2D eigenvalue weighted by Crippen LogP contribution is -1.98. The van der Waals surface area contributed by atoms with Crippen LogP contribution in [0.2, 0.25) is 0 Å². The van der Waals surface area contributed by atoms with Crippen LogP contribution in [0.5, 0.6) is 0 Å². The van der Waals surface area contributed by atoms with Gasteiger partial charge in [-0.3, -0.25) is 0 Å². The van der Waals surface area contributed by atoms with E-state index in [1.165, 1.54) is 11.1 Å². The van der Waals surface area contributed by atoms with Crippen molar-refractivity contribution in [3.05, 3.63) is 71.1 Å². The number of allylic oxidation sites excluding steroid dienone is 5. The topological polar surface area (TPSA) is 59.7 Å². The highest BCUT2D eigenvalue weighted by Gasteiger charge is 2.26. The maximum atomic E-state index is 11.4. The number of aliphatic hydroxyl groups is 1. The van der Waals surface area contributed by atoms with Crippen molar-refractivity contribution in [2.45, 2.75) is 66.2 Å². The minimum absolute atomic E-state index is 0.0231. The molecule has 0 bridgehead atoms. The summed E-state index contributed by atoms with van der Waals surface area (Å²) < 4.78 is 10.2. The lowest BCUT2D eigenvalue weighted by atomic mass is 9.97. The fraction of sp³-hybridized carbons (Fsp3) is 0.480. The van der Waals surface area contributed by atoms with Gasteiger partial charge in [0.1, 0.15) is 0 Å². The van der Waals surface area contributed by atoms with Crippen LogP contribution in [0.25, 0.3) is 0 Å². The zero-order chi connectivity index (χ0) is 21.2. The van der Waals surface area contributed by atoms with Crippen LogP contribution in [0.3, 0.4) is 0 Å². The summed E-state index contributed by atoms with van der Waals surface area (Å²) in [5, 5.41) is 9.88. The second-order valence-electron chi connectivity index (χ2n) is 8.16. The van der Waals surface area contributed by atoms with Gasteiger partial charge in [-0.25, -0.2) is 4.79 Å². The highest BCUT2D eigenvalue weighted by molar-refractivity contribution is 5.93. The van der Waals surface area contributed by atoms with Crippen molar-refractivity contribution >= 4 is 5.97 Å². The average molecular weight is 399 g/mol. The van der Waals surface area contributed by atoms with E-state index >= 15 is 0 Å². The Hall–Kier alpha value is -2.49. The van der Waals surface area contributed by atoms with Crippen molar-refractivity contribution in [1.82, 2.24) is 0 Å². The fourth-order valence-corrected chi connectivity index (χ4v) is 3.32. The Morgan fingerprint density at radius 3 is 2.62 bits per heavy atom. The molecule has 158 valence electrons. The van der Waals surface area contributed by atoms with Gasteiger partial charge in [0.2, 0.25) is 0 Å². The third-order valence-corrected chi connectivity index (χ3v) is 5.29. The van der Waals surface area contributed by atoms with Gasteiger partial charge in [-0.05, 0) is 75.5 Å². The third kappa shape index (κ3) is 7.80. The molecular weight excluding hydrogens is 364 g/mol. The molecule has 4 nitrogen and oxygen atoms in total. The molecule has 0 aliphatic carbocycles. The fourth-order valence-electron chi connectivity index (χ4n) is 3.32. The Bertz CT molecular complexity index is 778. The van der Waals surface area contributed by atoms with Crippen molar-refractivity contribution in [2.24, 2.45) is 11.8 Å². The van der Waals surface area contributed by atoms with Gasteiger partial charge in [0, 0.05) is 0 Å². The molecule has 29 heavy (non-hydrogen) atoms. The molecule has 0 saturated carbocycles. The maximum absolute atomic E-state index is 11.4. The Balaban J connectivity index is 1.64. The van der Waals surface area contributed by atoms with Crippen LogP contribution >= 0.6 is 0 Å². The van der Waals surface area contributed by atoms with Crippen molar-refractivity contribution < 1.29 is 19.1 Å². The predicted molar refractivity (Wildman–Crippen MR) is 116 cm³/mol. The number of carbonyl (C=O) groups is 1. The number of carbonyl (C=O) groups excluding carboxylic acids is 1. The first-order valence-corrected chi connectivity index (χ1v) is 10.6. The molecule has 0 radical (unpaired) electrons. The molecule has 1 aromatic rings. The lowest BCUT2D eigenvalue weighted by Gasteiger charge is -2.10. The molecule has 2 atom stereocenters. The van der Waals surface area contributed by atoms with Gasteiger partial charge in [0.25, 0.3) is 0 Å². The number of furan rings is 1. The molecule has 0 aromatic carbocycles. The van der Waals surface area contributed by atoms with E-state index in [4.69, 9.17) is 9.15 Å². The van der Waals surface area contributed by atoms with Crippen LogP contribution in [0, 0.1) is 11.8 Å². The van der Waals surface area contributed by atoms with Gasteiger partial charge in [-0.2, -0.15) is 0 Å². The standard InChI is InChI=1S/C25H34O4/c1-18(8-5-9-19(2)11-7-13-22-14-15-28-17-22)10-6-12-20(3)16-23-24(26)21(4)25(27)29-23/h5,8-9,14-18,20,26H,6-7,10-13H2,1-4H3/b8-5+,19-9-,23-16+. The van der Waals surface area contributed by atoms with Crippen LogP contribution in [-0.4, -0.2) is 11.1 Å². The second-order valence-corrected chi connectivity index (χ2v) is 8.16. The zero-order valence-corrected chi connectivity index (χ0v) is 18.1. The van der Waals surface area contributed by atoms with Crippen molar-refractivity contribution in [3.63, 3.8) is 0 Å². The summed E-state index contributed by atoms with van der Waals surface area (Å²) in [6.45, 7) is 8.07. The van der Waals surface area contributed by atoms with E-state index in [-0.39, 0.29) is 17.3 Å². The predicted octanol–water partition coefficient (Wildman–Crippen LogP) is 6.82. The zero-order valence-electron chi connectivity index (χ0n) is 18.1. The number of esters is 1. The number of aryl methyl sites for hydroxylation is 1. The van der Waals surface area contributed by atoms with E-state index in [1.807, 2.05) is 18.4 Å². The molecule has 2 heterocycles. The molecular formula is C25H34O4. The third-order valence-electron chi connectivity index (χ3n) is 5.29. The number of hydrogen-bond acceptors (Lipinski definition) is 4. The Kier molecular flexibility index (Phi) is 9.04. The molecule has 0 fully saturated rings. The van der Waals surface area contributed by atoms with E-state index in [2.05, 4.69) is 39.0 Å².